The minimum Gasteiger partial charge on any atom is -0.279 e. The summed E-state index contributed by atoms with van der Waals surface area (Å²) in [5, 5.41) is 4.00. The summed E-state index contributed by atoms with van der Waals surface area (Å²) < 4.78 is 29.0. The Bertz CT molecular complexity index is 710. The second kappa shape index (κ2) is 5.28. The van der Waals surface area contributed by atoms with Crippen molar-refractivity contribution < 1.29 is 8.42 Å². The molecule has 0 amide bonds. The van der Waals surface area contributed by atoms with Crippen LogP contribution >= 0.6 is 0 Å². The molecule has 2 rings (SSSR count). The first-order valence-electron chi connectivity index (χ1n) is 6.46. The molecule has 6 heteroatoms. The number of benzene rings is 1. The number of aromatic nitrogens is 2. The Morgan fingerprint density at radius 1 is 1.20 bits per heavy atom. The Labute approximate surface area is 119 Å². The molecule has 0 bridgehead atoms. The quantitative estimate of drug-likeness (QED) is 0.942. The van der Waals surface area contributed by atoms with Gasteiger partial charge in [-0.2, -0.15) is 5.10 Å². The molecule has 20 heavy (non-hydrogen) atoms. The maximum Gasteiger partial charge on any atom is 0.265 e. The maximum atomic E-state index is 12.4. The van der Waals surface area contributed by atoms with Crippen LogP contribution in [0.15, 0.2) is 29.4 Å². The average Bonchev–Trinajstić information content (AvgIpc) is 2.83. The van der Waals surface area contributed by atoms with E-state index < -0.39 is 10.0 Å². The van der Waals surface area contributed by atoms with Gasteiger partial charge in [0, 0.05) is 12.7 Å². The van der Waals surface area contributed by atoms with E-state index >= 15 is 0 Å². The highest BCUT2D eigenvalue weighted by molar-refractivity contribution is 7.92. The third-order valence-corrected chi connectivity index (χ3v) is 4.46. The topological polar surface area (TPSA) is 64.0 Å². The zero-order chi connectivity index (χ0) is 14.9. The smallest absolute Gasteiger partial charge is 0.265 e. The first kappa shape index (κ1) is 14.6. The van der Waals surface area contributed by atoms with Gasteiger partial charge in [0.2, 0.25) is 0 Å². The summed E-state index contributed by atoms with van der Waals surface area (Å²) in [6.45, 7) is 8.33. The maximum absolute atomic E-state index is 12.4. The number of nitrogens with zero attached hydrogens (tertiary/aromatic N) is 2. The molecule has 0 unspecified atom stereocenters. The molecule has 0 aliphatic heterocycles. The van der Waals surface area contributed by atoms with Gasteiger partial charge in [-0.3, -0.25) is 9.40 Å². The zero-order valence-electron chi connectivity index (χ0n) is 12.1. The monoisotopic (exact) mass is 293 g/mol. The fourth-order valence-electron chi connectivity index (χ4n) is 2.19. The molecule has 0 aliphatic carbocycles. The standard InChI is InChI=1S/C14H19N3O2S/c1-5-17-9-13(8-15-17)20(18,19)16-14-11(3)6-10(2)7-12(14)4/h6-9,16H,5H2,1-4H3. The van der Waals surface area contributed by atoms with Crippen molar-refractivity contribution >= 4 is 15.7 Å². The molecule has 1 N–H and O–H groups in total. The number of aryl methyl sites for hydroxylation is 4. The van der Waals surface area contributed by atoms with Crippen LogP contribution in [-0.2, 0) is 16.6 Å². The fourth-order valence-corrected chi connectivity index (χ4v) is 3.35. The Hall–Kier alpha value is -1.82. The van der Waals surface area contributed by atoms with E-state index in [1.54, 1.807) is 4.68 Å². The van der Waals surface area contributed by atoms with Gasteiger partial charge in [-0.05, 0) is 38.8 Å². The second-order valence-corrected chi connectivity index (χ2v) is 6.59. The third kappa shape index (κ3) is 2.85. The number of hydrogen-bond donors (Lipinski definition) is 1. The van der Waals surface area contributed by atoms with Gasteiger partial charge in [-0.25, -0.2) is 8.42 Å². The van der Waals surface area contributed by atoms with E-state index in [1.807, 2.05) is 39.8 Å². The van der Waals surface area contributed by atoms with E-state index in [2.05, 4.69) is 9.82 Å². The van der Waals surface area contributed by atoms with Gasteiger partial charge in [0.05, 0.1) is 11.9 Å². The van der Waals surface area contributed by atoms with Crippen LogP contribution in [0, 0.1) is 20.8 Å². The normalized spacial score (nSPS) is 11.6. The number of hydrogen-bond acceptors (Lipinski definition) is 3. The molecule has 0 atom stereocenters. The van der Waals surface area contributed by atoms with E-state index in [0.29, 0.717) is 12.2 Å². The molecule has 108 valence electrons. The van der Waals surface area contributed by atoms with E-state index in [-0.39, 0.29) is 4.90 Å². The lowest BCUT2D eigenvalue weighted by Crippen LogP contribution is -2.14. The van der Waals surface area contributed by atoms with E-state index in [9.17, 15) is 8.42 Å². The number of anilines is 1. The van der Waals surface area contributed by atoms with Crippen molar-refractivity contribution in [2.45, 2.75) is 39.1 Å². The summed E-state index contributed by atoms with van der Waals surface area (Å²) in [5.74, 6) is 0. The molecule has 0 saturated heterocycles. The van der Waals surface area contributed by atoms with Crippen LogP contribution in [0.5, 0.6) is 0 Å². The van der Waals surface area contributed by atoms with Crippen LogP contribution in [0.4, 0.5) is 5.69 Å². The van der Waals surface area contributed by atoms with Gasteiger partial charge < -0.3 is 0 Å². The molecular weight excluding hydrogens is 274 g/mol. The van der Waals surface area contributed by atoms with Gasteiger partial charge in [0.15, 0.2) is 0 Å². The van der Waals surface area contributed by atoms with Crippen LogP contribution in [0.3, 0.4) is 0 Å². The molecule has 0 saturated carbocycles. The molecule has 0 radical (unpaired) electrons. The number of rotatable bonds is 4. The van der Waals surface area contributed by atoms with Gasteiger partial charge in [-0.15, -0.1) is 0 Å². The average molecular weight is 293 g/mol. The third-order valence-electron chi connectivity index (χ3n) is 3.16. The summed E-state index contributed by atoms with van der Waals surface area (Å²) >= 11 is 0. The van der Waals surface area contributed by atoms with Crippen LogP contribution in [0.25, 0.3) is 0 Å². The van der Waals surface area contributed by atoms with E-state index in [4.69, 9.17) is 0 Å². The minimum absolute atomic E-state index is 0.179. The number of nitrogens with one attached hydrogen (secondary N) is 1. The van der Waals surface area contributed by atoms with Crippen LogP contribution in [-0.4, -0.2) is 18.2 Å². The zero-order valence-corrected chi connectivity index (χ0v) is 13.0. The molecule has 1 aromatic heterocycles. The molecule has 0 spiro atoms. The van der Waals surface area contributed by atoms with Crippen LogP contribution < -0.4 is 4.72 Å². The SMILES string of the molecule is CCn1cc(S(=O)(=O)Nc2c(C)cc(C)cc2C)cn1. The molecule has 0 aliphatic rings. The van der Waals surface area contributed by atoms with E-state index in [1.165, 1.54) is 12.4 Å². The highest BCUT2D eigenvalue weighted by Gasteiger charge is 2.18. The molecule has 0 fully saturated rings. The van der Waals surface area contributed by atoms with Crippen molar-refractivity contribution in [2.24, 2.45) is 0 Å². The Morgan fingerprint density at radius 3 is 2.30 bits per heavy atom. The Morgan fingerprint density at radius 2 is 1.80 bits per heavy atom. The van der Waals surface area contributed by atoms with Crippen LogP contribution in [0.2, 0.25) is 0 Å². The highest BCUT2D eigenvalue weighted by atomic mass is 32.2. The fraction of sp³-hybridized carbons (Fsp3) is 0.357. The first-order chi connectivity index (χ1) is 9.33. The van der Waals surface area contributed by atoms with Gasteiger partial charge >= 0.3 is 0 Å². The van der Waals surface area contributed by atoms with Crippen molar-refractivity contribution in [2.75, 3.05) is 4.72 Å². The number of sulfonamides is 1. The van der Waals surface area contributed by atoms with Crippen molar-refractivity contribution in [3.05, 3.63) is 41.2 Å². The van der Waals surface area contributed by atoms with Crippen molar-refractivity contribution in [3.63, 3.8) is 0 Å². The lowest BCUT2D eigenvalue weighted by molar-refractivity contribution is 0.600. The van der Waals surface area contributed by atoms with Crippen molar-refractivity contribution in [1.82, 2.24) is 9.78 Å². The predicted octanol–water partition coefficient (Wildman–Crippen LogP) is 2.63. The van der Waals surface area contributed by atoms with Crippen molar-refractivity contribution in [3.8, 4) is 0 Å². The van der Waals surface area contributed by atoms with Gasteiger partial charge in [0.1, 0.15) is 4.90 Å². The molecule has 2 aromatic rings. The highest BCUT2D eigenvalue weighted by Crippen LogP contribution is 2.24. The summed E-state index contributed by atoms with van der Waals surface area (Å²) in [4.78, 5) is 0.179. The lowest BCUT2D eigenvalue weighted by Gasteiger charge is -2.13. The lowest BCUT2D eigenvalue weighted by atomic mass is 10.1. The van der Waals surface area contributed by atoms with Crippen LogP contribution in [0.1, 0.15) is 23.6 Å². The molecule has 5 nitrogen and oxygen atoms in total. The summed E-state index contributed by atoms with van der Waals surface area (Å²) in [6.07, 6.45) is 2.89. The summed E-state index contributed by atoms with van der Waals surface area (Å²) in [7, 11) is -3.59. The second-order valence-electron chi connectivity index (χ2n) is 4.91. The molecule has 1 aromatic carbocycles. The van der Waals surface area contributed by atoms with Gasteiger partial charge in [-0.1, -0.05) is 17.7 Å². The Kier molecular flexibility index (Phi) is 3.85. The summed E-state index contributed by atoms with van der Waals surface area (Å²) in [5.41, 5.74) is 3.57. The first-order valence-corrected chi connectivity index (χ1v) is 7.95. The molecular formula is C14H19N3O2S. The Balaban J connectivity index is 2.38. The largest absolute Gasteiger partial charge is 0.279 e. The van der Waals surface area contributed by atoms with E-state index in [0.717, 1.165) is 16.7 Å². The minimum atomic E-state index is -3.59. The van der Waals surface area contributed by atoms with Gasteiger partial charge in [0.25, 0.3) is 10.0 Å². The predicted molar refractivity (Wildman–Crippen MR) is 79.4 cm³/mol. The van der Waals surface area contributed by atoms with Crippen molar-refractivity contribution in [1.29, 1.82) is 0 Å². The summed E-state index contributed by atoms with van der Waals surface area (Å²) in [6, 6.07) is 3.92. The molecule has 1 heterocycles.